The second kappa shape index (κ2) is 7.87. The Bertz CT molecular complexity index is 816. The van der Waals surface area contributed by atoms with Crippen LogP contribution in [0.4, 0.5) is 0 Å². The van der Waals surface area contributed by atoms with Gasteiger partial charge in [0.25, 0.3) is 0 Å². The summed E-state index contributed by atoms with van der Waals surface area (Å²) in [4.78, 5) is 22.7. The molecule has 1 N–H and O–H groups in total. The van der Waals surface area contributed by atoms with Crippen molar-refractivity contribution in [1.82, 2.24) is 25.1 Å². The van der Waals surface area contributed by atoms with E-state index in [1.807, 2.05) is 26.2 Å². The highest BCUT2D eigenvalue weighted by molar-refractivity contribution is 8.00. The van der Waals surface area contributed by atoms with Crippen molar-refractivity contribution in [3.8, 4) is 0 Å². The maximum Gasteiger partial charge on any atom is 0.183 e. The maximum atomic E-state index is 12.3. The van der Waals surface area contributed by atoms with Crippen LogP contribution in [0.25, 0.3) is 11.0 Å². The lowest BCUT2D eigenvalue weighted by Gasteiger charge is -2.01. The average Bonchev–Trinajstić information content (AvgIpc) is 3.13. The normalized spacial score (nSPS) is 10.7. The van der Waals surface area contributed by atoms with Crippen LogP contribution in [-0.2, 0) is 13.6 Å². The van der Waals surface area contributed by atoms with Crippen molar-refractivity contribution in [3.63, 3.8) is 0 Å². The number of aryl methyl sites for hydroxylation is 1. The molecule has 0 unspecified atom stereocenters. The summed E-state index contributed by atoms with van der Waals surface area (Å²) in [6.45, 7) is 0.785. The van der Waals surface area contributed by atoms with Crippen LogP contribution in [0.1, 0.15) is 14.5 Å². The Hall–Kier alpha value is -1.48. The lowest BCUT2D eigenvalue weighted by Crippen LogP contribution is -2.03. The third kappa shape index (κ3) is 3.89. The van der Waals surface area contributed by atoms with Crippen LogP contribution >= 0.6 is 35.5 Å². The fourth-order valence-corrected chi connectivity index (χ4v) is 3.95. The molecule has 0 aliphatic rings. The molecule has 3 rings (SSSR count). The Morgan fingerprint density at radius 1 is 1.39 bits per heavy atom. The fraction of sp³-hybridized carbons (Fsp3) is 0.286. The molecule has 3 aromatic heterocycles. The first kappa shape index (κ1) is 17.9. The van der Waals surface area contributed by atoms with Crippen LogP contribution in [0.15, 0.2) is 29.7 Å². The molecule has 0 bridgehead atoms. The first-order valence-corrected chi connectivity index (χ1v) is 8.51. The minimum atomic E-state index is 0. The molecular weight excluding hydrogens is 354 g/mol. The topological polar surface area (TPSA) is 72.7 Å². The number of thiophene rings is 1. The lowest BCUT2D eigenvalue weighted by molar-refractivity contribution is 0.102. The molecule has 0 saturated carbocycles. The molecule has 3 aromatic rings. The van der Waals surface area contributed by atoms with Crippen molar-refractivity contribution < 1.29 is 4.79 Å². The van der Waals surface area contributed by atoms with Crippen molar-refractivity contribution in [2.45, 2.75) is 11.6 Å². The van der Waals surface area contributed by atoms with Crippen molar-refractivity contribution in [2.75, 3.05) is 12.8 Å². The van der Waals surface area contributed by atoms with Gasteiger partial charge < -0.3 is 5.32 Å². The number of thioether (sulfide) groups is 1. The molecule has 0 spiro atoms. The number of aromatic nitrogens is 4. The molecule has 0 radical (unpaired) electrons. The number of rotatable bonds is 6. The van der Waals surface area contributed by atoms with Crippen LogP contribution in [-0.4, -0.2) is 38.3 Å². The number of Topliss-reactive ketones (excluding diaryl/α,β-unsaturated/α-hetero) is 1. The molecule has 0 atom stereocenters. The first-order valence-electron chi connectivity index (χ1n) is 6.71. The lowest BCUT2D eigenvalue weighted by atomic mass is 10.3. The van der Waals surface area contributed by atoms with Gasteiger partial charge in [-0.05, 0) is 19.2 Å². The van der Waals surface area contributed by atoms with E-state index in [0.717, 1.165) is 32.4 Å². The molecule has 23 heavy (non-hydrogen) atoms. The van der Waals surface area contributed by atoms with Crippen LogP contribution in [0, 0.1) is 0 Å². The summed E-state index contributed by atoms with van der Waals surface area (Å²) in [6.07, 6.45) is 3.24. The molecule has 9 heteroatoms. The zero-order valence-electron chi connectivity index (χ0n) is 12.6. The molecule has 0 saturated heterocycles. The van der Waals surface area contributed by atoms with Gasteiger partial charge in [0.15, 0.2) is 11.4 Å². The Balaban J connectivity index is 0.00000192. The zero-order valence-corrected chi connectivity index (χ0v) is 15.1. The van der Waals surface area contributed by atoms with Crippen molar-refractivity contribution in [1.29, 1.82) is 0 Å². The summed E-state index contributed by atoms with van der Waals surface area (Å²) in [5, 5.41) is 8.93. The molecule has 0 aliphatic carbocycles. The van der Waals surface area contributed by atoms with Gasteiger partial charge >= 0.3 is 0 Å². The number of carbonyl (C=O) groups excluding carboxylic acids is 1. The van der Waals surface area contributed by atoms with E-state index < -0.39 is 0 Å². The molecule has 3 heterocycles. The van der Waals surface area contributed by atoms with Gasteiger partial charge in [0, 0.05) is 18.5 Å². The summed E-state index contributed by atoms with van der Waals surface area (Å²) in [7, 11) is 3.73. The third-order valence-corrected chi connectivity index (χ3v) is 5.25. The number of nitrogens with zero attached hydrogens (tertiary/aromatic N) is 4. The third-order valence-electron chi connectivity index (χ3n) is 3.12. The van der Waals surface area contributed by atoms with E-state index >= 15 is 0 Å². The molecule has 0 aromatic carbocycles. The first-order chi connectivity index (χ1) is 10.7. The van der Waals surface area contributed by atoms with Gasteiger partial charge in [0.2, 0.25) is 0 Å². The monoisotopic (exact) mass is 369 g/mol. The van der Waals surface area contributed by atoms with Crippen LogP contribution in [0.5, 0.6) is 0 Å². The standard InChI is InChI=1S/C14H15N5OS2.ClH/c1-15-5-9-3-4-12(22-9)11(20)7-21-14-10-6-18-19(2)13(10)16-8-17-14;/h3-4,6,8,15H,5,7H2,1-2H3;1H. The number of nitrogens with one attached hydrogen (secondary N) is 1. The van der Waals surface area contributed by atoms with Gasteiger partial charge in [-0.15, -0.1) is 23.7 Å². The second-order valence-corrected chi connectivity index (χ2v) is 6.82. The zero-order chi connectivity index (χ0) is 15.5. The van der Waals surface area contributed by atoms with Crippen molar-refractivity contribution >= 4 is 52.3 Å². The fourth-order valence-electron chi connectivity index (χ4n) is 2.06. The maximum absolute atomic E-state index is 12.3. The van der Waals surface area contributed by atoms with E-state index in [1.165, 1.54) is 29.4 Å². The van der Waals surface area contributed by atoms with Crippen LogP contribution in [0.3, 0.4) is 0 Å². The van der Waals surface area contributed by atoms with E-state index in [9.17, 15) is 4.79 Å². The SMILES string of the molecule is CNCc1ccc(C(=O)CSc2ncnc3c2cnn3C)s1.Cl. The van der Waals surface area contributed by atoms with E-state index in [2.05, 4.69) is 20.4 Å². The van der Waals surface area contributed by atoms with Gasteiger partial charge in [-0.3, -0.25) is 9.48 Å². The number of hydrogen-bond acceptors (Lipinski definition) is 7. The number of hydrogen-bond donors (Lipinski definition) is 1. The number of ketones is 1. The quantitative estimate of drug-likeness (QED) is 0.409. The molecular formula is C14H16ClN5OS2. The molecule has 122 valence electrons. The van der Waals surface area contributed by atoms with E-state index in [-0.39, 0.29) is 18.2 Å². The predicted octanol–water partition coefficient (Wildman–Crippen LogP) is 2.54. The van der Waals surface area contributed by atoms with Gasteiger partial charge in [-0.1, -0.05) is 11.8 Å². The Morgan fingerprint density at radius 2 is 2.22 bits per heavy atom. The highest BCUT2D eigenvalue weighted by Gasteiger charge is 2.13. The predicted molar refractivity (Wildman–Crippen MR) is 95.7 cm³/mol. The van der Waals surface area contributed by atoms with Gasteiger partial charge in [-0.25, -0.2) is 9.97 Å². The molecule has 6 nitrogen and oxygen atoms in total. The van der Waals surface area contributed by atoms with Gasteiger partial charge in [-0.2, -0.15) is 5.10 Å². The highest BCUT2D eigenvalue weighted by Crippen LogP contribution is 2.26. The van der Waals surface area contributed by atoms with Crippen LogP contribution in [0.2, 0.25) is 0 Å². The highest BCUT2D eigenvalue weighted by atomic mass is 35.5. The van der Waals surface area contributed by atoms with E-state index in [4.69, 9.17) is 0 Å². The van der Waals surface area contributed by atoms with Crippen LogP contribution < -0.4 is 5.32 Å². The Labute approximate surface area is 148 Å². The smallest absolute Gasteiger partial charge is 0.183 e. The summed E-state index contributed by atoms with van der Waals surface area (Å²) >= 11 is 2.96. The van der Waals surface area contributed by atoms with Crippen molar-refractivity contribution in [2.24, 2.45) is 7.05 Å². The number of carbonyl (C=O) groups is 1. The summed E-state index contributed by atoms with van der Waals surface area (Å²) in [5.41, 5.74) is 0.775. The molecule has 0 fully saturated rings. The van der Waals surface area contributed by atoms with E-state index in [0.29, 0.717) is 5.75 Å². The summed E-state index contributed by atoms with van der Waals surface area (Å²) < 4.78 is 1.70. The van der Waals surface area contributed by atoms with Gasteiger partial charge in [0.05, 0.1) is 22.2 Å². The number of fused-ring (bicyclic) bond motifs is 1. The Morgan fingerprint density at radius 3 is 3.00 bits per heavy atom. The second-order valence-electron chi connectivity index (χ2n) is 4.69. The minimum Gasteiger partial charge on any atom is -0.315 e. The van der Waals surface area contributed by atoms with E-state index in [1.54, 1.807) is 10.9 Å². The van der Waals surface area contributed by atoms with Gasteiger partial charge in [0.1, 0.15) is 11.4 Å². The average molecular weight is 370 g/mol. The Kier molecular flexibility index (Phi) is 6.11. The summed E-state index contributed by atoms with van der Waals surface area (Å²) in [6, 6.07) is 3.88. The molecule has 0 aliphatic heterocycles. The molecule has 0 amide bonds. The largest absolute Gasteiger partial charge is 0.315 e. The summed E-state index contributed by atoms with van der Waals surface area (Å²) in [5.74, 6) is 0.480. The number of halogens is 1. The van der Waals surface area contributed by atoms with Crippen molar-refractivity contribution in [3.05, 3.63) is 34.4 Å². The minimum absolute atomic E-state index is 0.